The summed E-state index contributed by atoms with van der Waals surface area (Å²) in [6.07, 6.45) is 8.74. The first-order chi connectivity index (χ1) is 16.9. The Morgan fingerprint density at radius 2 is 1.23 bits per heavy atom. The Morgan fingerprint density at radius 3 is 1.71 bits per heavy atom. The fourth-order valence-electron chi connectivity index (χ4n) is 4.53. The van der Waals surface area contributed by atoms with Crippen molar-refractivity contribution in [1.82, 2.24) is 4.90 Å². The van der Waals surface area contributed by atoms with E-state index in [0.717, 1.165) is 0 Å². The standard InChI is InChI=1S/C25H38N2O8/c1-5-32-22(28)18(23(29)33-6-2)13-15-26-17-27(21-12-10-9-11-20(21)26)16-14-19(24(30)34-7-3)25(31)35-8-4/h9-12,18-21H,5-8,13-17H2,1-4H3/p+1. The maximum Gasteiger partial charge on any atom is 0.320 e. The molecule has 2 aliphatic rings. The highest BCUT2D eigenvalue weighted by atomic mass is 16.6. The van der Waals surface area contributed by atoms with Gasteiger partial charge < -0.3 is 23.8 Å². The monoisotopic (exact) mass is 495 g/mol. The Morgan fingerprint density at radius 1 is 0.771 bits per heavy atom. The van der Waals surface area contributed by atoms with Crippen LogP contribution in [0.3, 0.4) is 0 Å². The molecule has 10 nitrogen and oxygen atoms in total. The zero-order chi connectivity index (χ0) is 25.8. The fraction of sp³-hybridized carbons (Fsp3) is 0.680. The molecule has 1 fully saturated rings. The third-order valence-electron chi connectivity index (χ3n) is 6.15. The zero-order valence-electron chi connectivity index (χ0n) is 21.2. The number of nitrogens with one attached hydrogen (secondary N) is 1. The highest BCUT2D eigenvalue weighted by molar-refractivity contribution is 5.95. The minimum Gasteiger partial charge on any atom is -0.465 e. The van der Waals surface area contributed by atoms with Crippen molar-refractivity contribution in [3.05, 3.63) is 24.3 Å². The van der Waals surface area contributed by atoms with Crippen molar-refractivity contribution in [3.63, 3.8) is 0 Å². The van der Waals surface area contributed by atoms with Gasteiger partial charge in [0.1, 0.15) is 12.7 Å². The Labute approximate surface area is 207 Å². The molecule has 0 aromatic rings. The third-order valence-corrected chi connectivity index (χ3v) is 6.15. The van der Waals surface area contributed by atoms with Crippen LogP contribution in [0.5, 0.6) is 0 Å². The second kappa shape index (κ2) is 14.6. The van der Waals surface area contributed by atoms with Gasteiger partial charge in [0, 0.05) is 13.0 Å². The molecule has 0 aromatic carbocycles. The van der Waals surface area contributed by atoms with Gasteiger partial charge in [-0.2, -0.15) is 0 Å². The van der Waals surface area contributed by atoms with Crippen molar-refractivity contribution in [2.45, 2.75) is 52.6 Å². The van der Waals surface area contributed by atoms with Crippen LogP contribution in [0, 0.1) is 11.8 Å². The second-order valence-corrected chi connectivity index (χ2v) is 8.36. The lowest BCUT2D eigenvalue weighted by molar-refractivity contribution is -0.910. The molecule has 0 amide bonds. The molecule has 1 aliphatic heterocycles. The summed E-state index contributed by atoms with van der Waals surface area (Å²) in [6.45, 7) is 9.24. The van der Waals surface area contributed by atoms with E-state index in [1.807, 2.05) is 12.2 Å². The molecule has 1 aliphatic carbocycles. The number of carbonyl (C=O) groups excluding carboxylic acids is 4. The zero-order valence-corrected chi connectivity index (χ0v) is 21.2. The molecule has 35 heavy (non-hydrogen) atoms. The molecule has 10 heteroatoms. The molecule has 2 rings (SSSR count). The van der Waals surface area contributed by atoms with Gasteiger partial charge >= 0.3 is 23.9 Å². The van der Waals surface area contributed by atoms with Gasteiger partial charge in [-0.15, -0.1) is 0 Å². The number of hydrogen-bond donors (Lipinski definition) is 1. The van der Waals surface area contributed by atoms with Gasteiger partial charge in [0.05, 0.1) is 39.0 Å². The quantitative estimate of drug-likeness (QED) is 0.206. The van der Waals surface area contributed by atoms with Crippen LogP contribution in [0.15, 0.2) is 24.3 Å². The van der Waals surface area contributed by atoms with Crippen LogP contribution in [0.2, 0.25) is 0 Å². The molecule has 1 saturated heterocycles. The van der Waals surface area contributed by atoms with Crippen molar-refractivity contribution in [3.8, 4) is 0 Å². The summed E-state index contributed by atoms with van der Waals surface area (Å²) >= 11 is 0. The van der Waals surface area contributed by atoms with E-state index in [1.165, 1.54) is 4.90 Å². The predicted molar refractivity (Wildman–Crippen MR) is 126 cm³/mol. The minimum atomic E-state index is -0.975. The van der Waals surface area contributed by atoms with Crippen LogP contribution >= 0.6 is 0 Å². The largest absolute Gasteiger partial charge is 0.465 e. The predicted octanol–water partition coefficient (Wildman–Crippen LogP) is 0.273. The van der Waals surface area contributed by atoms with Crippen LogP contribution in [0.1, 0.15) is 40.5 Å². The second-order valence-electron chi connectivity index (χ2n) is 8.36. The SMILES string of the molecule is CCOC(=O)C(CCN1C[NH+](CCC(C(=O)OCC)C(=O)OCC)C2C=CC=CC21)C(=O)OCC. The van der Waals surface area contributed by atoms with Gasteiger partial charge in [0.2, 0.25) is 0 Å². The van der Waals surface area contributed by atoms with Crippen molar-refractivity contribution >= 4 is 23.9 Å². The number of rotatable bonds is 14. The molecule has 0 spiro atoms. The van der Waals surface area contributed by atoms with Crippen LogP contribution < -0.4 is 4.90 Å². The minimum absolute atomic E-state index is 0.0728. The van der Waals surface area contributed by atoms with Gasteiger partial charge in [0.15, 0.2) is 11.8 Å². The highest BCUT2D eigenvalue weighted by Gasteiger charge is 2.43. The van der Waals surface area contributed by atoms with Crippen LogP contribution in [0.25, 0.3) is 0 Å². The Hall–Kier alpha value is -2.72. The van der Waals surface area contributed by atoms with Crippen molar-refractivity contribution in [1.29, 1.82) is 0 Å². The first-order valence-corrected chi connectivity index (χ1v) is 12.5. The molecular formula is C25H39N2O8+. The molecule has 1 N–H and O–H groups in total. The van der Waals surface area contributed by atoms with E-state index in [1.54, 1.807) is 27.7 Å². The number of hydrogen-bond acceptors (Lipinski definition) is 9. The van der Waals surface area contributed by atoms with Crippen LogP contribution in [-0.2, 0) is 38.1 Å². The van der Waals surface area contributed by atoms with Crippen LogP contribution in [-0.4, -0.2) is 87.0 Å². The van der Waals surface area contributed by atoms with E-state index >= 15 is 0 Å². The van der Waals surface area contributed by atoms with Gasteiger partial charge in [0.25, 0.3) is 0 Å². The third kappa shape index (κ3) is 7.90. The molecule has 0 aromatic heterocycles. The lowest BCUT2D eigenvalue weighted by Gasteiger charge is -2.23. The molecule has 3 atom stereocenters. The molecule has 0 radical (unpaired) electrons. The lowest BCUT2D eigenvalue weighted by Crippen LogP contribution is -3.14. The van der Waals surface area contributed by atoms with Crippen LogP contribution in [0.4, 0.5) is 0 Å². The van der Waals surface area contributed by atoms with Gasteiger partial charge in [-0.1, -0.05) is 18.2 Å². The Balaban J connectivity index is 2.07. The Bertz CT molecular complexity index is 696. The topological polar surface area (TPSA) is 113 Å². The number of esters is 4. The van der Waals surface area contributed by atoms with Crippen molar-refractivity contribution in [2.24, 2.45) is 11.8 Å². The maximum atomic E-state index is 12.4. The summed E-state index contributed by atoms with van der Waals surface area (Å²) in [4.78, 5) is 52.8. The van der Waals surface area contributed by atoms with Crippen molar-refractivity contribution < 1.29 is 43.0 Å². The van der Waals surface area contributed by atoms with E-state index in [0.29, 0.717) is 26.2 Å². The summed E-state index contributed by atoms with van der Waals surface area (Å²) in [5, 5.41) is 0. The summed E-state index contributed by atoms with van der Waals surface area (Å²) in [6, 6.07) is 0.192. The molecule has 3 unspecified atom stereocenters. The maximum absolute atomic E-state index is 12.4. The first-order valence-electron chi connectivity index (χ1n) is 12.5. The number of carbonyl (C=O) groups is 4. The van der Waals surface area contributed by atoms with Gasteiger partial charge in [-0.3, -0.25) is 19.2 Å². The highest BCUT2D eigenvalue weighted by Crippen LogP contribution is 2.19. The fourth-order valence-corrected chi connectivity index (χ4v) is 4.53. The number of fused-ring (bicyclic) bond motifs is 1. The van der Waals surface area contributed by atoms with E-state index in [-0.39, 0.29) is 44.9 Å². The summed E-state index contributed by atoms with van der Waals surface area (Å²) in [5.74, 6) is -4.21. The lowest BCUT2D eigenvalue weighted by atomic mass is 10.00. The van der Waals surface area contributed by atoms with Gasteiger partial charge in [-0.25, -0.2) is 4.90 Å². The number of nitrogens with zero attached hydrogens (tertiary/aromatic N) is 1. The Kier molecular flexibility index (Phi) is 11.9. The molecule has 0 bridgehead atoms. The molecule has 1 heterocycles. The average Bonchev–Trinajstić information content (AvgIpc) is 3.18. The molecule has 196 valence electrons. The number of allylic oxidation sites excluding steroid dienone is 2. The normalized spacial score (nSPS) is 21.1. The van der Waals surface area contributed by atoms with Crippen molar-refractivity contribution in [2.75, 3.05) is 46.2 Å². The average molecular weight is 496 g/mol. The molecular weight excluding hydrogens is 456 g/mol. The van der Waals surface area contributed by atoms with E-state index < -0.39 is 35.7 Å². The van der Waals surface area contributed by atoms with Gasteiger partial charge in [-0.05, 0) is 40.2 Å². The molecule has 0 saturated carbocycles. The first kappa shape index (κ1) is 28.5. The summed E-state index contributed by atoms with van der Waals surface area (Å²) < 4.78 is 20.4. The van der Waals surface area contributed by atoms with E-state index in [4.69, 9.17) is 18.9 Å². The van der Waals surface area contributed by atoms with E-state index in [2.05, 4.69) is 17.1 Å². The summed E-state index contributed by atoms with van der Waals surface area (Å²) in [5.41, 5.74) is 0. The smallest absolute Gasteiger partial charge is 0.320 e. The number of ether oxygens (including phenoxy) is 4. The summed E-state index contributed by atoms with van der Waals surface area (Å²) in [7, 11) is 0. The van der Waals surface area contributed by atoms with E-state index in [9.17, 15) is 19.2 Å². The number of quaternary nitrogens is 1.